The van der Waals surface area contributed by atoms with Gasteiger partial charge in [0, 0.05) is 36.1 Å². The summed E-state index contributed by atoms with van der Waals surface area (Å²) in [6, 6.07) is 5.19. The third-order valence-corrected chi connectivity index (χ3v) is 6.56. The molecule has 1 aromatic carbocycles. The number of rotatable bonds is 5. The smallest absolute Gasteiger partial charge is 0.134 e. The number of nitrogens with one attached hydrogen (secondary N) is 1. The fraction of sp³-hybridized carbons (Fsp3) is 0.636. The Kier molecular flexibility index (Phi) is 5.85. The SMILES string of the molecule is CC1CCc2c(ccc(C(C=NC3CCNCC3)=NN)c2OC2CCC2)N1C. The Morgan fingerprint density at radius 2 is 2.00 bits per heavy atom. The minimum Gasteiger partial charge on any atom is -0.489 e. The molecule has 6 heteroatoms. The molecule has 2 fully saturated rings. The zero-order chi connectivity index (χ0) is 19.5. The van der Waals surface area contributed by atoms with Crippen molar-refractivity contribution in [1.29, 1.82) is 0 Å². The molecule has 4 rings (SSSR count). The second-order valence-electron chi connectivity index (χ2n) is 8.38. The van der Waals surface area contributed by atoms with E-state index in [1.54, 1.807) is 0 Å². The fourth-order valence-corrected chi connectivity index (χ4v) is 4.27. The summed E-state index contributed by atoms with van der Waals surface area (Å²) in [5, 5.41) is 7.48. The molecule has 6 nitrogen and oxygen atoms in total. The van der Waals surface area contributed by atoms with Gasteiger partial charge >= 0.3 is 0 Å². The van der Waals surface area contributed by atoms with Crippen molar-refractivity contribution in [2.24, 2.45) is 15.9 Å². The normalized spacial score (nSPS) is 24.3. The van der Waals surface area contributed by atoms with Crippen LogP contribution >= 0.6 is 0 Å². The topological polar surface area (TPSA) is 75.2 Å². The van der Waals surface area contributed by atoms with Crippen LogP contribution in [0, 0.1) is 0 Å². The van der Waals surface area contributed by atoms with Gasteiger partial charge in [-0.2, -0.15) is 5.10 Å². The van der Waals surface area contributed by atoms with Gasteiger partial charge in [-0.1, -0.05) is 0 Å². The number of nitrogens with zero attached hydrogens (tertiary/aromatic N) is 3. The maximum atomic E-state index is 6.50. The number of hydrazone groups is 1. The molecular weight excluding hydrogens is 350 g/mol. The first kappa shape index (κ1) is 19.2. The monoisotopic (exact) mass is 383 g/mol. The second kappa shape index (κ2) is 8.52. The molecule has 28 heavy (non-hydrogen) atoms. The highest BCUT2D eigenvalue weighted by Gasteiger charge is 2.29. The Morgan fingerprint density at radius 1 is 1.21 bits per heavy atom. The fourth-order valence-electron chi connectivity index (χ4n) is 4.27. The predicted molar refractivity (Wildman–Crippen MR) is 116 cm³/mol. The van der Waals surface area contributed by atoms with Crippen LogP contribution < -0.4 is 20.8 Å². The third kappa shape index (κ3) is 3.88. The van der Waals surface area contributed by atoms with Gasteiger partial charge in [-0.05, 0) is 77.1 Å². The lowest BCUT2D eigenvalue weighted by molar-refractivity contribution is 0.118. The first-order valence-corrected chi connectivity index (χ1v) is 10.7. The molecule has 0 amide bonds. The molecule has 152 valence electrons. The molecular formula is C22H33N5O. The van der Waals surface area contributed by atoms with Crippen molar-refractivity contribution < 1.29 is 4.74 Å². The molecule has 1 unspecified atom stereocenters. The van der Waals surface area contributed by atoms with E-state index in [4.69, 9.17) is 15.6 Å². The number of benzene rings is 1. The average molecular weight is 384 g/mol. The van der Waals surface area contributed by atoms with Gasteiger partial charge in [0.15, 0.2) is 0 Å². The van der Waals surface area contributed by atoms with E-state index in [-0.39, 0.29) is 0 Å². The van der Waals surface area contributed by atoms with Gasteiger partial charge in [0.05, 0.1) is 12.1 Å². The summed E-state index contributed by atoms with van der Waals surface area (Å²) in [6.45, 7) is 4.33. The number of nitrogens with two attached hydrogens (primary N) is 1. The summed E-state index contributed by atoms with van der Waals surface area (Å²) in [5.41, 5.74) is 4.26. The van der Waals surface area contributed by atoms with Crippen LogP contribution in [0.3, 0.4) is 0 Å². The van der Waals surface area contributed by atoms with Crippen LogP contribution in [0.5, 0.6) is 5.75 Å². The van der Waals surface area contributed by atoms with Crippen molar-refractivity contribution in [3.8, 4) is 5.75 Å². The van der Waals surface area contributed by atoms with Crippen molar-refractivity contribution in [3.63, 3.8) is 0 Å². The van der Waals surface area contributed by atoms with Crippen LogP contribution in [-0.4, -0.2) is 50.3 Å². The van der Waals surface area contributed by atoms with Crippen LogP contribution in [0.2, 0.25) is 0 Å². The number of ether oxygens (including phenoxy) is 1. The highest BCUT2D eigenvalue weighted by atomic mass is 16.5. The van der Waals surface area contributed by atoms with E-state index < -0.39 is 0 Å². The Bertz CT molecular complexity index is 750. The summed E-state index contributed by atoms with van der Waals surface area (Å²) in [4.78, 5) is 7.14. The summed E-state index contributed by atoms with van der Waals surface area (Å²) in [6.07, 6.45) is 9.98. The lowest BCUT2D eigenvalue weighted by Crippen LogP contribution is -2.35. The summed E-state index contributed by atoms with van der Waals surface area (Å²) >= 11 is 0. The first-order valence-electron chi connectivity index (χ1n) is 10.7. The molecule has 0 bridgehead atoms. The molecule has 0 spiro atoms. The van der Waals surface area contributed by atoms with Gasteiger partial charge in [0.25, 0.3) is 0 Å². The third-order valence-electron chi connectivity index (χ3n) is 6.56. The van der Waals surface area contributed by atoms with Crippen LogP contribution in [0.4, 0.5) is 5.69 Å². The largest absolute Gasteiger partial charge is 0.489 e. The molecule has 1 aromatic rings. The molecule has 3 aliphatic rings. The van der Waals surface area contributed by atoms with Gasteiger partial charge in [0.1, 0.15) is 11.5 Å². The average Bonchev–Trinajstić information content (AvgIpc) is 2.69. The van der Waals surface area contributed by atoms with Crippen molar-refractivity contribution in [2.75, 3.05) is 25.0 Å². The Morgan fingerprint density at radius 3 is 2.68 bits per heavy atom. The molecule has 1 saturated heterocycles. The van der Waals surface area contributed by atoms with Crippen molar-refractivity contribution in [3.05, 3.63) is 23.3 Å². The maximum absolute atomic E-state index is 6.50. The van der Waals surface area contributed by atoms with E-state index in [0.717, 1.165) is 68.6 Å². The van der Waals surface area contributed by atoms with Gasteiger partial charge < -0.3 is 20.8 Å². The lowest BCUT2D eigenvalue weighted by Gasteiger charge is -2.37. The standard InChI is InChI=1S/C22H33N5O/c1-15-6-7-19-21(27(15)2)9-8-18(22(19)28-17-4-3-5-17)20(26-23)14-25-16-10-12-24-13-11-16/h8-9,14-17,24H,3-7,10-13,23H2,1-2H3. The predicted octanol–water partition coefficient (Wildman–Crippen LogP) is 2.87. The summed E-state index contributed by atoms with van der Waals surface area (Å²) in [5.74, 6) is 6.78. The molecule has 1 saturated carbocycles. The van der Waals surface area contributed by atoms with Crippen LogP contribution in [-0.2, 0) is 6.42 Å². The van der Waals surface area contributed by atoms with E-state index >= 15 is 0 Å². The zero-order valence-corrected chi connectivity index (χ0v) is 17.2. The number of aliphatic imine (C=N–C) groups is 1. The van der Waals surface area contributed by atoms with Crippen LogP contribution in [0.1, 0.15) is 56.6 Å². The van der Waals surface area contributed by atoms with E-state index in [1.165, 1.54) is 17.7 Å². The molecule has 2 aliphatic heterocycles. The first-order chi connectivity index (χ1) is 13.7. The van der Waals surface area contributed by atoms with Crippen LogP contribution in [0.15, 0.2) is 22.2 Å². The lowest BCUT2D eigenvalue weighted by atomic mass is 9.91. The van der Waals surface area contributed by atoms with E-state index in [0.29, 0.717) is 18.2 Å². The maximum Gasteiger partial charge on any atom is 0.134 e. The second-order valence-corrected chi connectivity index (χ2v) is 8.38. The number of hydrogen-bond donors (Lipinski definition) is 2. The number of piperidine rings is 1. The molecule has 0 aromatic heterocycles. The van der Waals surface area contributed by atoms with E-state index in [1.807, 2.05) is 6.21 Å². The molecule has 2 heterocycles. The zero-order valence-electron chi connectivity index (χ0n) is 17.2. The molecule has 1 aliphatic carbocycles. The Balaban J connectivity index is 1.67. The van der Waals surface area contributed by atoms with Gasteiger partial charge in [-0.3, -0.25) is 4.99 Å². The number of anilines is 1. The molecule has 3 N–H and O–H groups in total. The Labute approximate surface area is 168 Å². The highest BCUT2D eigenvalue weighted by Crippen LogP contribution is 2.40. The van der Waals surface area contributed by atoms with Crippen LogP contribution in [0.25, 0.3) is 0 Å². The minimum atomic E-state index is 0.315. The number of fused-ring (bicyclic) bond motifs is 1. The minimum absolute atomic E-state index is 0.315. The van der Waals surface area contributed by atoms with Crippen molar-refractivity contribution in [2.45, 2.75) is 70.1 Å². The Hall–Kier alpha value is -2.08. The number of hydrogen-bond acceptors (Lipinski definition) is 6. The highest BCUT2D eigenvalue weighted by molar-refractivity contribution is 6.39. The van der Waals surface area contributed by atoms with Gasteiger partial charge in [0.2, 0.25) is 0 Å². The molecule has 0 radical (unpaired) electrons. The van der Waals surface area contributed by atoms with E-state index in [2.05, 4.69) is 41.4 Å². The molecule has 1 atom stereocenters. The quantitative estimate of drug-likeness (QED) is 0.466. The van der Waals surface area contributed by atoms with Crippen molar-refractivity contribution in [1.82, 2.24) is 5.32 Å². The van der Waals surface area contributed by atoms with Gasteiger partial charge in [-0.25, -0.2) is 0 Å². The summed E-state index contributed by atoms with van der Waals surface area (Å²) in [7, 11) is 2.17. The van der Waals surface area contributed by atoms with Crippen molar-refractivity contribution >= 4 is 17.6 Å². The van der Waals surface area contributed by atoms with E-state index in [9.17, 15) is 0 Å². The summed E-state index contributed by atoms with van der Waals surface area (Å²) < 4.78 is 6.50. The van der Waals surface area contributed by atoms with Gasteiger partial charge in [-0.15, -0.1) is 0 Å².